The maximum absolute atomic E-state index is 14.8. The monoisotopic (exact) mass is 580 g/mol. The van der Waals surface area contributed by atoms with E-state index in [-0.39, 0.29) is 34.8 Å². The van der Waals surface area contributed by atoms with Gasteiger partial charge in [0.05, 0.1) is 6.42 Å². The molecule has 10 nitrogen and oxygen atoms in total. The van der Waals surface area contributed by atoms with Crippen LogP contribution < -0.4 is 20.7 Å². The highest BCUT2D eigenvalue weighted by atomic mass is 32.1. The van der Waals surface area contributed by atoms with Crippen molar-refractivity contribution in [1.29, 1.82) is 0 Å². The van der Waals surface area contributed by atoms with Crippen LogP contribution in [0.4, 0.5) is 20.7 Å². The summed E-state index contributed by atoms with van der Waals surface area (Å²) in [5.41, 5.74) is 1.19. The first-order valence-electron chi connectivity index (χ1n) is 13.2. The number of nitrogens with one attached hydrogen (secondary N) is 3. The average molecular weight is 581 g/mol. The molecule has 0 bridgehead atoms. The van der Waals surface area contributed by atoms with Crippen molar-refractivity contribution in [2.45, 2.75) is 19.3 Å². The van der Waals surface area contributed by atoms with Crippen LogP contribution in [-0.2, 0) is 16.1 Å². The molecule has 1 fully saturated rings. The number of thiocarbonyl (C=S) groups is 1. The number of carbonyl (C=O) groups excluding carboxylic acids is 2. The molecule has 4 rings (SSSR count). The number of piperidine rings is 1. The summed E-state index contributed by atoms with van der Waals surface area (Å²) < 4.78 is 20.5. The molecule has 41 heavy (non-hydrogen) atoms. The molecule has 3 aromatic rings. The van der Waals surface area contributed by atoms with Gasteiger partial charge in [-0.2, -0.15) is 0 Å². The molecule has 2 amide bonds. The van der Waals surface area contributed by atoms with Gasteiger partial charge in [0.2, 0.25) is 5.91 Å². The van der Waals surface area contributed by atoms with Gasteiger partial charge >= 0.3 is 6.09 Å². The van der Waals surface area contributed by atoms with Gasteiger partial charge in [0, 0.05) is 43.7 Å². The zero-order valence-electron chi connectivity index (χ0n) is 22.9. The van der Waals surface area contributed by atoms with Crippen LogP contribution in [0.2, 0.25) is 0 Å². The van der Waals surface area contributed by atoms with Crippen molar-refractivity contribution < 1.29 is 23.6 Å². The molecular formula is C29H33FN6O4S. The van der Waals surface area contributed by atoms with E-state index in [0.29, 0.717) is 24.7 Å². The molecule has 1 aliphatic rings. The van der Waals surface area contributed by atoms with Crippen LogP contribution in [0.25, 0.3) is 0 Å². The fourth-order valence-corrected chi connectivity index (χ4v) is 4.70. The van der Waals surface area contributed by atoms with Gasteiger partial charge in [-0.25, -0.2) is 14.2 Å². The average Bonchev–Trinajstić information content (AvgIpc) is 2.90. The quantitative estimate of drug-likeness (QED) is 0.308. The number of rotatable bonds is 9. The second-order valence-electron chi connectivity index (χ2n) is 9.95. The van der Waals surface area contributed by atoms with Crippen LogP contribution >= 0.6 is 12.2 Å². The summed E-state index contributed by atoms with van der Waals surface area (Å²) in [6.45, 7) is 2.26. The Kier molecular flexibility index (Phi) is 10.5. The summed E-state index contributed by atoms with van der Waals surface area (Å²) in [5.74, 6) is -0.102. The predicted molar refractivity (Wildman–Crippen MR) is 158 cm³/mol. The Bertz CT molecular complexity index is 1360. The molecule has 0 unspecified atom stereocenters. The number of anilines is 2. The number of pyridine rings is 1. The Labute approximate surface area is 243 Å². The van der Waals surface area contributed by atoms with Crippen molar-refractivity contribution in [3.63, 3.8) is 0 Å². The van der Waals surface area contributed by atoms with Crippen LogP contribution in [0.3, 0.4) is 0 Å². The highest BCUT2D eigenvalue weighted by Gasteiger charge is 2.23. The SMILES string of the molecule is CN(C)C[C@@H]1CCCN(OC(=O)Nc2cc(Oc3ccc(NC(=S)NC(=O)Cc4ccccc4)cc3F)ccn2)C1. The maximum Gasteiger partial charge on any atom is 0.431 e. The van der Waals surface area contributed by atoms with Crippen LogP contribution in [0.1, 0.15) is 18.4 Å². The molecule has 3 N–H and O–H groups in total. The molecular weight excluding hydrogens is 547 g/mol. The van der Waals surface area contributed by atoms with Gasteiger partial charge < -0.3 is 25.1 Å². The Hall–Kier alpha value is -4.13. The second kappa shape index (κ2) is 14.5. The summed E-state index contributed by atoms with van der Waals surface area (Å²) in [7, 11) is 4.05. The summed E-state index contributed by atoms with van der Waals surface area (Å²) in [6, 6.07) is 16.4. The van der Waals surface area contributed by atoms with Gasteiger partial charge in [-0.3, -0.25) is 10.1 Å². The lowest BCUT2D eigenvalue weighted by molar-refractivity contribution is -0.120. The second-order valence-corrected chi connectivity index (χ2v) is 10.4. The van der Waals surface area contributed by atoms with E-state index < -0.39 is 11.9 Å². The molecule has 1 saturated heterocycles. The number of aromatic nitrogens is 1. The zero-order chi connectivity index (χ0) is 29.2. The van der Waals surface area contributed by atoms with Gasteiger partial charge in [-0.1, -0.05) is 30.3 Å². The number of carbonyl (C=O) groups is 2. The van der Waals surface area contributed by atoms with E-state index in [4.69, 9.17) is 21.8 Å². The Morgan fingerprint density at radius 1 is 1.12 bits per heavy atom. The number of amides is 2. The van der Waals surface area contributed by atoms with Crippen LogP contribution in [0, 0.1) is 11.7 Å². The molecule has 0 aliphatic carbocycles. The molecule has 0 spiro atoms. The minimum atomic E-state index is -0.659. The Balaban J connectivity index is 1.27. The summed E-state index contributed by atoms with van der Waals surface area (Å²) in [6.07, 6.45) is 2.98. The molecule has 12 heteroatoms. The smallest absolute Gasteiger partial charge is 0.431 e. The fraction of sp³-hybridized carbons (Fsp3) is 0.310. The van der Waals surface area contributed by atoms with Crippen molar-refractivity contribution in [3.8, 4) is 11.5 Å². The lowest BCUT2D eigenvalue weighted by atomic mass is 9.99. The number of hydrogen-bond donors (Lipinski definition) is 3. The Morgan fingerprint density at radius 2 is 1.93 bits per heavy atom. The largest absolute Gasteiger partial charge is 0.454 e. The van der Waals surface area contributed by atoms with Crippen LogP contribution in [-0.4, -0.2) is 65.8 Å². The van der Waals surface area contributed by atoms with E-state index >= 15 is 0 Å². The lowest BCUT2D eigenvalue weighted by Gasteiger charge is -2.32. The topological polar surface area (TPSA) is 108 Å². The van der Waals surface area contributed by atoms with Crippen molar-refractivity contribution >= 4 is 40.8 Å². The molecule has 216 valence electrons. The number of hydroxylamine groups is 2. The third-order valence-corrected chi connectivity index (χ3v) is 6.36. The molecule has 2 heterocycles. The first-order valence-corrected chi connectivity index (χ1v) is 13.6. The van der Waals surface area contributed by atoms with Gasteiger partial charge in [-0.05, 0) is 68.8 Å². The van der Waals surface area contributed by atoms with Crippen LogP contribution in [0.15, 0.2) is 66.9 Å². The normalized spacial score (nSPS) is 15.2. The highest BCUT2D eigenvalue weighted by Crippen LogP contribution is 2.28. The number of benzene rings is 2. The summed E-state index contributed by atoms with van der Waals surface area (Å²) in [5, 5.41) is 9.68. The first kappa shape index (κ1) is 29.8. The summed E-state index contributed by atoms with van der Waals surface area (Å²) >= 11 is 5.18. The number of hydrogen-bond acceptors (Lipinski definition) is 8. The van der Waals surface area contributed by atoms with Gasteiger partial charge in [-0.15, -0.1) is 5.06 Å². The molecule has 0 radical (unpaired) electrons. The van der Waals surface area contributed by atoms with Gasteiger partial charge in [0.1, 0.15) is 11.6 Å². The summed E-state index contributed by atoms with van der Waals surface area (Å²) in [4.78, 5) is 36.4. The predicted octanol–water partition coefficient (Wildman–Crippen LogP) is 4.81. The van der Waals surface area contributed by atoms with Gasteiger partial charge in [0.15, 0.2) is 16.7 Å². The third kappa shape index (κ3) is 9.78. The van der Waals surface area contributed by atoms with Crippen molar-refractivity contribution in [2.75, 3.05) is 44.4 Å². The maximum atomic E-state index is 14.8. The molecule has 2 aromatic carbocycles. The van der Waals surface area contributed by atoms with Crippen molar-refractivity contribution in [3.05, 3.63) is 78.2 Å². The number of halogens is 1. The van der Waals surface area contributed by atoms with E-state index in [9.17, 15) is 14.0 Å². The minimum Gasteiger partial charge on any atom is -0.454 e. The van der Waals surface area contributed by atoms with Crippen LogP contribution in [0.5, 0.6) is 11.5 Å². The third-order valence-electron chi connectivity index (χ3n) is 6.16. The fourth-order valence-electron chi connectivity index (χ4n) is 4.47. The van der Waals surface area contributed by atoms with E-state index in [1.54, 1.807) is 11.1 Å². The van der Waals surface area contributed by atoms with E-state index in [2.05, 4.69) is 25.8 Å². The highest BCUT2D eigenvalue weighted by molar-refractivity contribution is 7.80. The van der Waals surface area contributed by atoms with Crippen molar-refractivity contribution in [1.82, 2.24) is 20.3 Å². The Morgan fingerprint density at radius 3 is 2.68 bits per heavy atom. The lowest BCUT2D eigenvalue weighted by Crippen LogP contribution is -2.41. The molecule has 1 aromatic heterocycles. The van der Waals surface area contributed by atoms with E-state index in [1.165, 1.54) is 30.5 Å². The minimum absolute atomic E-state index is 0.0467. The van der Waals surface area contributed by atoms with E-state index in [0.717, 1.165) is 24.9 Å². The standard InChI is InChI=1S/C29H33FN6O4S/c1-35(2)18-21-9-6-14-36(19-21)40-29(38)33-26-17-23(12-13-31-26)39-25-11-10-22(16-24(25)30)32-28(41)34-27(37)15-20-7-4-3-5-8-20/h3-5,7-8,10-13,16-17,21H,6,9,14-15,18-19H2,1-2H3,(H,31,33,38)(H2,32,34,37,41)/t21-/m0/s1. The molecule has 1 aliphatic heterocycles. The number of ether oxygens (including phenoxy) is 1. The number of nitrogens with zero attached hydrogens (tertiary/aromatic N) is 3. The molecule has 1 atom stereocenters. The van der Waals surface area contributed by atoms with Crippen molar-refractivity contribution in [2.24, 2.45) is 5.92 Å². The zero-order valence-corrected chi connectivity index (χ0v) is 23.7. The molecule has 0 saturated carbocycles. The van der Waals surface area contributed by atoms with E-state index in [1.807, 2.05) is 44.4 Å². The first-order chi connectivity index (χ1) is 19.7. The van der Waals surface area contributed by atoms with Gasteiger partial charge in [0.25, 0.3) is 0 Å².